The van der Waals surface area contributed by atoms with Gasteiger partial charge in [-0.3, -0.25) is 4.99 Å². The van der Waals surface area contributed by atoms with E-state index in [1.54, 1.807) is 6.21 Å². The highest BCUT2D eigenvalue weighted by atomic mass is 35.5. The van der Waals surface area contributed by atoms with Crippen LogP contribution in [0, 0.1) is 13.8 Å². The Morgan fingerprint density at radius 3 is 2.47 bits per heavy atom. The number of hydrogen-bond acceptors (Lipinski definition) is 1. The van der Waals surface area contributed by atoms with Crippen molar-refractivity contribution in [1.82, 2.24) is 0 Å². The second kappa shape index (κ2) is 5.15. The Morgan fingerprint density at radius 2 is 1.76 bits per heavy atom. The third-order valence-corrected chi connectivity index (χ3v) is 3.09. The average molecular weight is 244 g/mol. The lowest BCUT2D eigenvalue weighted by atomic mass is 10.1. The van der Waals surface area contributed by atoms with Crippen molar-refractivity contribution in [3.63, 3.8) is 0 Å². The van der Waals surface area contributed by atoms with Gasteiger partial charge in [-0.25, -0.2) is 0 Å². The molecule has 0 saturated heterocycles. The smallest absolute Gasteiger partial charge is 0.0632 e. The first-order chi connectivity index (χ1) is 8.16. The van der Waals surface area contributed by atoms with Crippen molar-refractivity contribution >= 4 is 23.5 Å². The lowest BCUT2D eigenvalue weighted by molar-refractivity contribution is 1.33. The third kappa shape index (κ3) is 2.95. The molecule has 2 heteroatoms. The molecule has 2 rings (SSSR count). The normalized spacial score (nSPS) is 11.0. The number of rotatable bonds is 2. The minimum Gasteiger partial charge on any atom is -0.256 e. The van der Waals surface area contributed by atoms with Gasteiger partial charge in [0.1, 0.15) is 0 Å². The van der Waals surface area contributed by atoms with Gasteiger partial charge in [0, 0.05) is 16.8 Å². The van der Waals surface area contributed by atoms with Crippen LogP contribution >= 0.6 is 11.6 Å². The molecule has 0 atom stereocenters. The van der Waals surface area contributed by atoms with E-state index in [9.17, 15) is 0 Å². The molecule has 0 spiro atoms. The molecule has 86 valence electrons. The van der Waals surface area contributed by atoms with E-state index in [-0.39, 0.29) is 0 Å². The van der Waals surface area contributed by atoms with Crippen molar-refractivity contribution in [3.8, 4) is 0 Å². The second-order valence-corrected chi connectivity index (χ2v) is 4.46. The highest BCUT2D eigenvalue weighted by Crippen LogP contribution is 2.18. The van der Waals surface area contributed by atoms with Crippen LogP contribution in [-0.2, 0) is 0 Å². The van der Waals surface area contributed by atoms with Gasteiger partial charge in [0.25, 0.3) is 0 Å². The fraction of sp³-hybridized carbons (Fsp3) is 0.133. The molecule has 0 aliphatic carbocycles. The quantitative estimate of drug-likeness (QED) is 0.678. The van der Waals surface area contributed by atoms with Gasteiger partial charge in [0.2, 0.25) is 0 Å². The van der Waals surface area contributed by atoms with Gasteiger partial charge in [-0.05, 0) is 43.2 Å². The predicted octanol–water partition coefficient (Wildman–Crippen LogP) is 4.71. The molecule has 2 aromatic rings. The molecule has 0 fully saturated rings. The summed E-state index contributed by atoms with van der Waals surface area (Å²) < 4.78 is 0. The van der Waals surface area contributed by atoms with Gasteiger partial charge >= 0.3 is 0 Å². The first kappa shape index (κ1) is 11.9. The summed E-state index contributed by atoms with van der Waals surface area (Å²) in [4.78, 5) is 4.43. The van der Waals surface area contributed by atoms with E-state index in [0.29, 0.717) is 0 Å². The molecule has 0 saturated carbocycles. The van der Waals surface area contributed by atoms with Crippen LogP contribution in [0.15, 0.2) is 47.5 Å². The van der Waals surface area contributed by atoms with E-state index >= 15 is 0 Å². The van der Waals surface area contributed by atoms with Crippen LogP contribution in [0.25, 0.3) is 0 Å². The molecule has 2 aromatic carbocycles. The summed E-state index contributed by atoms with van der Waals surface area (Å²) >= 11 is 6.06. The summed E-state index contributed by atoms with van der Waals surface area (Å²) in [5.41, 5.74) is 4.42. The van der Waals surface area contributed by atoms with Crippen molar-refractivity contribution in [2.75, 3.05) is 0 Å². The minimum absolute atomic E-state index is 0.722. The molecule has 0 unspecified atom stereocenters. The van der Waals surface area contributed by atoms with Crippen molar-refractivity contribution in [1.29, 1.82) is 0 Å². The van der Waals surface area contributed by atoms with Gasteiger partial charge in [0.15, 0.2) is 0 Å². The van der Waals surface area contributed by atoms with E-state index in [1.165, 1.54) is 11.1 Å². The van der Waals surface area contributed by atoms with Crippen LogP contribution in [0.4, 0.5) is 5.69 Å². The Balaban J connectivity index is 2.26. The zero-order chi connectivity index (χ0) is 12.3. The summed E-state index contributed by atoms with van der Waals surface area (Å²) in [5, 5.41) is 0.722. The van der Waals surface area contributed by atoms with E-state index in [2.05, 4.69) is 31.0 Å². The van der Waals surface area contributed by atoms with E-state index in [1.807, 2.05) is 30.3 Å². The maximum Gasteiger partial charge on any atom is 0.0632 e. The van der Waals surface area contributed by atoms with Crippen molar-refractivity contribution in [2.45, 2.75) is 13.8 Å². The highest BCUT2D eigenvalue weighted by molar-refractivity contribution is 6.33. The van der Waals surface area contributed by atoms with E-state index < -0.39 is 0 Å². The van der Waals surface area contributed by atoms with E-state index in [0.717, 1.165) is 16.3 Å². The molecule has 0 bridgehead atoms. The third-order valence-electron chi connectivity index (χ3n) is 2.75. The fourth-order valence-electron chi connectivity index (χ4n) is 1.53. The summed E-state index contributed by atoms with van der Waals surface area (Å²) in [5.74, 6) is 0. The fourth-order valence-corrected chi connectivity index (χ4v) is 1.71. The number of benzene rings is 2. The number of aryl methyl sites for hydroxylation is 2. The predicted molar refractivity (Wildman–Crippen MR) is 74.6 cm³/mol. The minimum atomic E-state index is 0.722. The van der Waals surface area contributed by atoms with Crippen LogP contribution in [0.3, 0.4) is 0 Å². The number of nitrogens with zero attached hydrogens (tertiary/aromatic N) is 1. The van der Waals surface area contributed by atoms with Crippen LogP contribution in [0.5, 0.6) is 0 Å². The van der Waals surface area contributed by atoms with Crippen LogP contribution in [-0.4, -0.2) is 6.21 Å². The molecule has 0 amide bonds. The molecule has 0 aliphatic heterocycles. The lowest BCUT2D eigenvalue weighted by Crippen LogP contribution is -1.82. The number of hydrogen-bond donors (Lipinski definition) is 0. The largest absolute Gasteiger partial charge is 0.256 e. The molecule has 17 heavy (non-hydrogen) atoms. The highest BCUT2D eigenvalue weighted by Gasteiger charge is 1.96. The number of aliphatic imine (C=N–C) groups is 1. The SMILES string of the molecule is Cc1ccc(N=Cc2ccccc2Cl)cc1C. The van der Waals surface area contributed by atoms with Gasteiger partial charge in [-0.15, -0.1) is 0 Å². The van der Waals surface area contributed by atoms with Gasteiger partial charge < -0.3 is 0 Å². The molecule has 0 N–H and O–H groups in total. The summed E-state index contributed by atoms with van der Waals surface area (Å²) in [6, 6.07) is 13.8. The molecule has 1 nitrogen and oxygen atoms in total. The van der Waals surface area contributed by atoms with Gasteiger partial charge in [-0.1, -0.05) is 35.9 Å². The molecule has 0 aliphatic rings. The topological polar surface area (TPSA) is 12.4 Å². The Kier molecular flexibility index (Phi) is 3.60. The Labute approximate surface area is 107 Å². The first-order valence-electron chi connectivity index (χ1n) is 5.52. The first-order valence-corrected chi connectivity index (χ1v) is 5.90. The number of halogens is 1. The Bertz CT molecular complexity index is 559. The van der Waals surface area contributed by atoms with Crippen LogP contribution in [0.1, 0.15) is 16.7 Å². The van der Waals surface area contributed by atoms with Gasteiger partial charge in [-0.2, -0.15) is 0 Å². The van der Waals surface area contributed by atoms with Crippen molar-refractivity contribution < 1.29 is 0 Å². The standard InChI is InChI=1S/C15H14ClN/c1-11-7-8-14(9-12(11)2)17-10-13-5-3-4-6-15(13)16/h3-10H,1-2H3. The zero-order valence-corrected chi connectivity index (χ0v) is 10.7. The Morgan fingerprint density at radius 1 is 1.00 bits per heavy atom. The molecule has 0 aromatic heterocycles. The molecule has 0 radical (unpaired) electrons. The van der Waals surface area contributed by atoms with Gasteiger partial charge in [0.05, 0.1) is 5.69 Å². The lowest BCUT2D eigenvalue weighted by Gasteiger charge is -2.01. The Hall–Kier alpha value is -1.60. The van der Waals surface area contributed by atoms with Crippen molar-refractivity contribution in [3.05, 3.63) is 64.2 Å². The second-order valence-electron chi connectivity index (χ2n) is 4.05. The van der Waals surface area contributed by atoms with Crippen LogP contribution < -0.4 is 0 Å². The summed E-state index contributed by atoms with van der Waals surface area (Å²) in [6.07, 6.45) is 1.80. The molecular weight excluding hydrogens is 230 g/mol. The van der Waals surface area contributed by atoms with Crippen LogP contribution in [0.2, 0.25) is 5.02 Å². The maximum atomic E-state index is 6.06. The summed E-state index contributed by atoms with van der Waals surface area (Å²) in [7, 11) is 0. The maximum absolute atomic E-state index is 6.06. The zero-order valence-electron chi connectivity index (χ0n) is 9.94. The molecular formula is C15H14ClN. The van der Waals surface area contributed by atoms with E-state index in [4.69, 9.17) is 11.6 Å². The summed E-state index contributed by atoms with van der Waals surface area (Å²) in [6.45, 7) is 4.18. The molecule has 0 heterocycles. The average Bonchev–Trinajstić information content (AvgIpc) is 2.32. The van der Waals surface area contributed by atoms with Crippen molar-refractivity contribution in [2.24, 2.45) is 4.99 Å². The monoisotopic (exact) mass is 243 g/mol.